The summed E-state index contributed by atoms with van der Waals surface area (Å²) in [6, 6.07) is 9.59. The summed E-state index contributed by atoms with van der Waals surface area (Å²) < 4.78 is 15.3. The van der Waals surface area contributed by atoms with Crippen LogP contribution in [0, 0.1) is 0 Å². The highest BCUT2D eigenvalue weighted by Gasteiger charge is 2.42. The molecule has 0 bridgehead atoms. The molecule has 0 amide bonds. The van der Waals surface area contributed by atoms with E-state index >= 15 is 0 Å². The number of esters is 3. The topological polar surface area (TPSA) is 90.9 Å². The fraction of sp³-hybridized carbons (Fsp3) is 0.286. The van der Waals surface area contributed by atoms with E-state index in [1.807, 2.05) is 30.3 Å². The summed E-state index contributed by atoms with van der Waals surface area (Å²) in [5.74, 6) is -3.39. The summed E-state index contributed by atoms with van der Waals surface area (Å²) in [6.45, 7) is 3.11. The Morgan fingerprint density at radius 3 is 2.43 bits per heavy atom. The molecule has 7 heteroatoms. The van der Waals surface area contributed by atoms with E-state index in [0.717, 1.165) is 5.69 Å². The third-order valence-corrected chi connectivity index (χ3v) is 3.77. The van der Waals surface area contributed by atoms with Crippen LogP contribution in [0.5, 0.6) is 0 Å². The lowest BCUT2D eigenvalue weighted by Crippen LogP contribution is -2.45. The Hall–Kier alpha value is -3.35. The van der Waals surface area contributed by atoms with Crippen molar-refractivity contribution in [2.24, 2.45) is 0 Å². The van der Waals surface area contributed by atoms with E-state index in [9.17, 15) is 14.4 Å². The van der Waals surface area contributed by atoms with Crippen LogP contribution in [0.15, 0.2) is 66.4 Å². The van der Waals surface area contributed by atoms with Crippen LogP contribution >= 0.6 is 0 Å². The number of anilines is 1. The van der Waals surface area contributed by atoms with Gasteiger partial charge in [0.25, 0.3) is 5.79 Å². The van der Waals surface area contributed by atoms with Gasteiger partial charge in [0.2, 0.25) is 0 Å². The first kappa shape index (κ1) is 21.0. The molecule has 0 radical (unpaired) electrons. The van der Waals surface area contributed by atoms with Crippen molar-refractivity contribution in [1.82, 2.24) is 0 Å². The smallest absolute Gasteiger partial charge is 0.348 e. The lowest BCUT2D eigenvalue weighted by molar-refractivity contribution is -0.233. The normalized spacial score (nSPS) is 19.4. The summed E-state index contributed by atoms with van der Waals surface area (Å²) in [6.07, 6.45) is 8.26. The number of ether oxygens (including phenoxy) is 3. The van der Waals surface area contributed by atoms with Crippen LogP contribution in [0.1, 0.15) is 26.7 Å². The number of nitrogens with one attached hydrogen (secondary N) is 1. The van der Waals surface area contributed by atoms with Crippen LogP contribution in [0.25, 0.3) is 0 Å². The molecule has 0 saturated carbocycles. The van der Waals surface area contributed by atoms with E-state index in [2.05, 4.69) is 5.32 Å². The average molecular weight is 385 g/mol. The number of benzene rings is 1. The number of carbonyl (C=O) groups is 3. The molecule has 7 nitrogen and oxygen atoms in total. The van der Waals surface area contributed by atoms with Gasteiger partial charge in [0.15, 0.2) is 0 Å². The fourth-order valence-electron chi connectivity index (χ4n) is 2.25. The van der Waals surface area contributed by atoms with Gasteiger partial charge in [-0.1, -0.05) is 37.3 Å². The monoisotopic (exact) mass is 385 g/mol. The highest BCUT2D eigenvalue weighted by molar-refractivity contribution is 6.15. The van der Waals surface area contributed by atoms with E-state index in [4.69, 9.17) is 14.2 Å². The highest BCUT2D eigenvalue weighted by atomic mass is 16.7. The molecule has 1 aliphatic heterocycles. The molecule has 0 atom stereocenters. The molecule has 1 aliphatic rings. The quantitative estimate of drug-likeness (QED) is 0.318. The zero-order valence-electron chi connectivity index (χ0n) is 15.8. The minimum absolute atomic E-state index is 0.0120. The summed E-state index contributed by atoms with van der Waals surface area (Å²) in [5.41, 5.74) is 0.734. The molecule has 1 fully saturated rings. The van der Waals surface area contributed by atoms with Crippen molar-refractivity contribution in [2.75, 3.05) is 11.9 Å². The number of hydrogen-bond acceptors (Lipinski definition) is 7. The summed E-state index contributed by atoms with van der Waals surface area (Å²) in [7, 11) is 0. The van der Waals surface area contributed by atoms with Crippen LogP contribution in [0.4, 0.5) is 5.69 Å². The maximum absolute atomic E-state index is 12.1. The van der Waals surface area contributed by atoms with Gasteiger partial charge in [-0.05, 0) is 24.3 Å². The second-order valence-electron chi connectivity index (χ2n) is 6.07. The molecule has 1 saturated heterocycles. The molecular weight excluding hydrogens is 362 g/mol. The maximum atomic E-state index is 12.1. The standard InChI is InChI=1S/C21H23NO6/c1-3-18(23)26-15-13-21(2)27-19(24)17(20(25)28-21)12-8-5-9-14-22-16-10-6-4-7-11-16/h4-12,14,22H,3,13,15H2,1-2H3/b8-5+,14-9+,17-12?. The molecule has 2 rings (SSSR count). The Balaban J connectivity index is 1.86. The molecule has 1 aromatic carbocycles. The van der Waals surface area contributed by atoms with Gasteiger partial charge in [0.05, 0.1) is 13.0 Å². The van der Waals surface area contributed by atoms with Gasteiger partial charge in [-0.15, -0.1) is 0 Å². The van der Waals surface area contributed by atoms with Gasteiger partial charge in [-0.25, -0.2) is 9.59 Å². The summed E-state index contributed by atoms with van der Waals surface area (Å²) in [4.78, 5) is 35.4. The number of cyclic esters (lactones) is 2. The molecule has 0 aliphatic carbocycles. The third-order valence-electron chi connectivity index (χ3n) is 3.77. The Kier molecular flexibility index (Phi) is 7.56. The van der Waals surface area contributed by atoms with Crippen molar-refractivity contribution in [3.05, 3.63) is 66.4 Å². The summed E-state index contributed by atoms with van der Waals surface area (Å²) >= 11 is 0. The number of carbonyl (C=O) groups excluding carboxylic acids is 3. The maximum Gasteiger partial charge on any atom is 0.348 e. The molecule has 1 aromatic rings. The third kappa shape index (κ3) is 6.42. The minimum atomic E-state index is -1.46. The molecule has 1 heterocycles. The van der Waals surface area contributed by atoms with Crippen molar-refractivity contribution in [2.45, 2.75) is 32.5 Å². The molecule has 0 spiro atoms. The van der Waals surface area contributed by atoms with Crippen LogP contribution in [-0.2, 0) is 28.6 Å². The van der Waals surface area contributed by atoms with Gasteiger partial charge in [0.1, 0.15) is 5.57 Å². The van der Waals surface area contributed by atoms with Gasteiger partial charge in [-0.2, -0.15) is 0 Å². The van der Waals surface area contributed by atoms with E-state index in [1.165, 1.54) is 19.1 Å². The van der Waals surface area contributed by atoms with Crippen LogP contribution in [0.3, 0.4) is 0 Å². The largest absolute Gasteiger partial charge is 0.465 e. The molecular formula is C21H23NO6. The second kappa shape index (κ2) is 10.1. The second-order valence-corrected chi connectivity index (χ2v) is 6.07. The first-order valence-electron chi connectivity index (χ1n) is 8.91. The lowest BCUT2D eigenvalue weighted by Gasteiger charge is -2.33. The van der Waals surface area contributed by atoms with E-state index in [0.29, 0.717) is 0 Å². The zero-order chi connectivity index (χ0) is 20.4. The van der Waals surface area contributed by atoms with E-state index in [1.54, 1.807) is 25.3 Å². The minimum Gasteiger partial charge on any atom is -0.465 e. The Morgan fingerprint density at radius 2 is 1.79 bits per heavy atom. The molecule has 0 unspecified atom stereocenters. The van der Waals surface area contributed by atoms with Gasteiger partial charge in [0, 0.05) is 25.2 Å². The number of rotatable bonds is 8. The van der Waals surface area contributed by atoms with Crippen molar-refractivity contribution < 1.29 is 28.6 Å². The van der Waals surface area contributed by atoms with Crippen molar-refractivity contribution in [3.63, 3.8) is 0 Å². The van der Waals surface area contributed by atoms with Gasteiger partial charge < -0.3 is 19.5 Å². The van der Waals surface area contributed by atoms with Crippen molar-refractivity contribution in [3.8, 4) is 0 Å². The number of hydrogen-bond donors (Lipinski definition) is 1. The Morgan fingerprint density at radius 1 is 1.11 bits per heavy atom. The predicted octanol–water partition coefficient (Wildman–Crippen LogP) is 3.25. The Labute approximate surface area is 163 Å². The molecule has 1 N–H and O–H groups in total. The van der Waals surface area contributed by atoms with E-state index in [-0.39, 0.29) is 31.0 Å². The predicted molar refractivity (Wildman–Crippen MR) is 103 cm³/mol. The summed E-state index contributed by atoms with van der Waals surface area (Å²) in [5, 5.41) is 3.07. The first-order chi connectivity index (χ1) is 13.4. The first-order valence-corrected chi connectivity index (χ1v) is 8.91. The van der Waals surface area contributed by atoms with Crippen molar-refractivity contribution >= 4 is 23.6 Å². The lowest BCUT2D eigenvalue weighted by atomic mass is 10.1. The van der Waals surface area contributed by atoms with Crippen LogP contribution in [0.2, 0.25) is 0 Å². The van der Waals surface area contributed by atoms with E-state index < -0.39 is 17.7 Å². The SMILES string of the molecule is CCC(=O)OCCC1(C)OC(=O)C(=C/C=C/C=C/Nc2ccccc2)C(=O)O1. The number of para-hydroxylation sites is 1. The van der Waals surface area contributed by atoms with Crippen LogP contribution in [-0.4, -0.2) is 30.3 Å². The Bertz CT molecular complexity index is 774. The van der Waals surface area contributed by atoms with Gasteiger partial charge >= 0.3 is 17.9 Å². The zero-order valence-corrected chi connectivity index (χ0v) is 15.8. The molecule has 148 valence electrons. The highest BCUT2D eigenvalue weighted by Crippen LogP contribution is 2.26. The number of allylic oxidation sites excluding steroid dienone is 4. The molecule has 0 aromatic heterocycles. The van der Waals surface area contributed by atoms with Crippen molar-refractivity contribution in [1.29, 1.82) is 0 Å². The van der Waals surface area contributed by atoms with Crippen LogP contribution < -0.4 is 5.32 Å². The molecule has 28 heavy (non-hydrogen) atoms. The van der Waals surface area contributed by atoms with Gasteiger partial charge in [-0.3, -0.25) is 4.79 Å². The average Bonchev–Trinajstić information content (AvgIpc) is 2.66. The fourth-order valence-corrected chi connectivity index (χ4v) is 2.25.